The molecule has 0 radical (unpaired) electrons. The summed E-state index contributed by atoms with van der Waals surface area (Å²) >= 11 is 3.52. The summed E-state index contributed by atoms with van der Waals surface area (Å²) in [5.74, 6) is 10.6. The van der Waals surface area contributed by atoms with Crippen LogP contribution in [0.3, 0.4) is 0 Å². The largest absolute Gasteiger partial charge is 0.491 e. The number of fused-ring (bicyclic) bond motifs is 1. The van der Waals surface area contributed by atoms with Crippen LogP contribution in [0.1, 0.15) is 281 Å². The van der Waals surface area contributed by atoms with Gasteiger partial charge in [-0.25, -0.2) is 0 Å². The van der Waals surface area contributed by atoms with Crippen LogP contribution in [0.4, 0.5) is 0 Å². The predicted molar refractivity (Wildman–Crippen MR) is 578 cm³/mol. The standard InChI is InChI=1S/C32H34O3.2C26H36O3.C24H28O3.C16H23BrO4/c1-4-24(2)26-18-20-29(21-19-26)35-25(3)33-22-23-34-32-30(27-12-7-5-8-13-27)16-11-17-31(32)28-14-9-6-10-15-28;2*1-4-20(2)22-10-16-26(17-11-22)29-21(3)27-18-19-28-25-14-12-24(13-15-25)23-8-6-5-7-9-23;1-4-18(2)20-12-14-22(15-13-20)27-19(3)25-16-17-26-24-11-7-9-21-8-5-6-10-23(21)24;1-5-11(2)14-6-7-16(15(17)10-14)21-13(4)20-9-8-19-12(3)18/h5-21,24-25H,4,22-23H2,1-3H3;10-17,20-21,23H,4-9,18-19H2,1-3H3;5-11,16-17,20-21,24-25H,4,12-15,18-19H2,1-3H3;5-15,18-19H,4,16-17H2,1-3H3;6-7,10-11,13H,5,8-9H2,1-4H3. The van der Waals surface area contributed by atoms with Gasteiger partial charge in [-0.1, -0.05) is 301 Å². The zero-order chi connectivity index (χ0) is 100. The second kappa shape index (κ2) is 62.4. The van der Waals surface area contributed by atoms with E-state index in [-0.39, 0.29) is 37.7 Å². The van der Waals surface area contributed by atoms with Crippen molar-refractivity contribution in [3.63, 3.8) is 0 Å². The van der Waals surface area contributed by atoms with E-state index in [0.717, 1.165) is 129 Å². The first-order valence-electron chi connectivity index (χ1n) is 51.7. The molecule has 10 atom stereocenters. The molecule has 0 N–H and O–H groups in total. The Labute approximate surface area is 851 Å². The maximum absolute atomic E-state index is 10.6. The fraction of sp³-hybridized carbons (Fsp3) is 0.427. The molecule has 0 heterocycles. The first-order chi connectivity index (χ1) is 68.6. The third-order valence-electron chi connectivity index (χ3n) is 26.3. The molecule has 0 saturated heterocycles. The maximum atomic E-state index is 10.6. The van der Waals surface area contributed by atoms with Gasteiger partial charge in [-0.05, 0) is 297 Å². The van der Waals surface area contributed by atoms with Crippen molar-refractivity contribution in [3.05, 3.63) is 335 Å². The molecule has 141 heavy (non-hydrogen) atoms. The summed E-state index contributed by atoms with van der Waals surface area (Å²) in [7, 11) is 0. The maximum Gasteiger partial charge on any atom is 0.302 e. The van der Waals surface area contributed by atoms with Crippen LogP contribution in [0.15, 0.2) is 296 Å². The lowest BCUT2D eigenvalue weighted by atomic mass is 9.83. The van der Waals surface area contributed by atoms with E-state index in [1.807, 2.05) is 150 Å². The molecule has 17 heteroatoms. The zero-order valence-electron chi connectivity index (χ0n) is 86.6. The van der Waals surface area contributed by atoms with Gasteiger partial charge in [0.1, 0.15) is 72.4 Å². The van der Waals surface area contributed by atoms with Gasteiger partial charge in [0.2, 0.25) is 0 Å². The molecule has 756 valence electrons. The van der Waals surface area contributed by atoms with Crippen LogP contribution in [-0.2, 0) is 38.0 Å². The van der Waals surface area contributed by atoms with Crippen LogP contribution in [0.25, 0.3) is 33.0 Å². The zero-order valence-corrected chi connectivity index (χ0v) is 88.2. The Morgan fingerprint density at radius 3 is 1.10 bits per heavy atom. The third-order valence-corrected chi connectivity index (χ3v) is 27.0. The molecule has 2 aliphatic carbocycles. The van der Waals surface area contributed by atoms with Crippen LogP contribution in [0, 0.1) is 0 Å². The van der Waals surface area contributed by atoms with E-state index in [9.17, 15) is 4.79 Å². The number of hydrogen-bond donors (Lipinski definition) is 0. The Bertz CT molecular complexity index is 5340. The number of carbonyl (C=O) groups is 1. The highest BCUT2D eigenvalue weighted by atomic mass is 79.9. The van der Waals surface area contributed by atoms with Crippen molar-refractivity contribution < 1.29 is 75.8 Å². The van der Waals surface area contributed by atoms with Gasteiger partial charge < -0.3 is 71.1 Å². The summed E-state index contributed by atoms with van der Waals surface area (Å²) < 4.78 is 87.6. The highest BCUT2D eigenvalue weighted by molar-refractivity contribution is 9.10. The van der Waals surface area contributed by atoms with Crippen LogP contribution in [0.5, 0.6) is 46.0 Å². The summed E-state index contributed by atoms with van der Waals surface area (Å²) in [6.45, 7) is 37.5. The van der Waals surface area contributed by atoms with Crippen molar-refractivity contribution in [2.24, 2.45) is 0 Å². The molecule has 12 aromatic carbocycles. The summed E-state index contributed by atoms with van der Waals surface area (Å²) in [6, 6.07) is 100. The minimum Gasteiger partial charge on any atom is -0.491 e. The lowest BCUT2D eigenvalue weighted by molar-refractivity contribution is -0.145. The Balaban J connectivity index is 0.000000183. The molecule has 2 aliphatic rings. The van der Waals surface area contributed by atoms with Crippen molar-refractivity contribution in [2.75, 3.05) is 66.1 Å². The number of esters is 1. The Hall–Kier alpha value is -11.0. The first kappa shape index (κ1) is 112. The van der Waals surface area contributed by atoms with E-state index in [4.69, 9.17) is 71.1 Å². The SMILES string of the molecule is CCC(C)c1ccc(OC(C)OCCOC(C)=O)c(Br)c1.CCC(C)c1ccc(OC(C)OCCOC2CCC(c3ccccc3)CC2)cc1.CCC(C)c1ccc(OC(C)OCCOc2c(-c3ccccc3)cccc2-c2ccccc2)cc1.CCC(C)c1ccc(OC(C)OCCOc2ccc(C3CCCCC3)cc2)cc1.CCC(C)c1ccc(OC(C)OCCOc2cccc3ccccc23)cc1. The number of hydrogen-bond acceptors (Lipinski definition) is 16. The fourth-order valence-electron chi connectivity index (χ4n) is 16.9. The van der Waals surface area contributed by atoms with Crippen molar-refractivity contribution in [3.8, 4) is 68.2 Å². The van der Waals surface area contributed by atoms with Crippen LogP contribution < -0.4 is 37.9 Å². The fourth-order valence-corrected chi connectivity index (χ4v) is 17.4. The molecule has 16 nitrogen and oxygen atoms in total. The van der Waals surface area contributed by atoms with E-state index >= 15 is 0 Å². The van der Waals surface area contributed by atoms with E-state index in [2.05, 4.69) is 261 Å². The van der Waals surface area contributed by atoms with Crippen molar-refractivity contribution in [1.82, 2.24) is 0 Å². The van der Waals surface area contributed by atoms with Gasteiger partial charge in [0.25, 0.3) is 0 Å². The van der Waals surface area contributed by atoms with Crippen LogP contribution >= 0.6 is 15.9 Å². The first-order valence-corrected chi connectivity index (χ1v) is 52.5. The summed E-state index contributed by atoms with van der Waals surface area (Å²) in [6.07, 6.45) is 15.8. The van der Waals surface area contributed by atoms with Gasteiger partial charge >= 0.3 is 5.97 Å². The number of para-hydroxylation sites is 1. The lowest BCUT2D eigenvalue weighted by Gasteiger charge is -2.29. The summed E-state index contributed by atoms with van der Waals surface area (Å²) in [4.78, 5) is 10.6. The van der Waals surface area contributed by atoms with Gasteiger partial charge in [0, 0.05) is 23.4 Å². The van der Waals surface area contributed by atoms with Crippen LogP contribution in [0.2, 0.25) is 0 Å². The number of rotatable bonds is 48. The normalized spacial score (nSPS) is 15.6. The topological polar surface area (TPSA) is 156 Å². The molecule has 2 fully saturated rings. The Kier molecular flexibility index (Phi) is 49.6. The Morgan fingerprint density at radius 1 is 0.305 bits per heavy atom. The average molecular weight is 1980 g/mol. The minimum atomic E-state index is -0.411. The van der Waals surface area contributed by atoms with Crippen LogP contribution in [-0.4, -0.2) is 110 Å². The van der Waals surface area contributed by atoms with E-state index in [0.29, 0.717) is 101 Å². The third kappa shape index (κ3) is 39.3. The molecule has 2 saturated carbocycles. The summed E-state index contributed by atoms with van der Waals surface area (Å²) in [5, 5.41) is 2.29. The van der Waals surface area contributed by atoms with Gasteiger partial charge in [-0.3, -0.25) is 4.79 Å². The quantitative estimate of drug-likeness (QED) is 0.0201. The number of carbonyl (C=O) groups excluding carboxylic acids is 1. The van der Waals surface area contributed by atoms with Crippen molar-refractivity contribution in [1.29, 1.82) is 0 Å². The Morgan fingerprint density at radius 2 is 0.660 bits per heavy atom. The molecule has 14 rings (SSSR count). The van der Waals surface area contributed by atoms with E-state index in [1.54, 1.807) is 0 Å². The number of ether oxygens (including phenoxy) is 15. The molecule has 0 aliphatic heterocycles. The molecule has 0 amide bonds. The molecule has 10 unspecified atom stereocenters. The molecular formula is C124H157BrO16. The second-order valence-corrected chi connectivity index (χ2v) is 37.6. The van der Waals surface area contributed by atoms with Gasteiger partial charge in [0.05, 0.1) is 50.2 Å². The predicted octanol–water partition coefficient (Wildman–Crippen LogP) is 32.5. The lowest BCUT2D eigenvalue weighted by Crippen LogP contribution is -2.24. The number of halogens is 1. The second-order valence-electron chi connectivity index (χ2n) is 36.7. The molecule has 0 bridgehead atoms. The van der Waals surface area contributed by atoms with Gasteiger partial charge in [-0.15, -0.1) is 0 Å². The average Bonchev–Trinajstić information content (AvgIpc) is 0.797. The number of benzene rings is 12. The van der Waals surface area contributed by atoms with Gasteiger partial charge in [0.15, 0.2) is 31.5 Å². The molecule has 0 spiro atoms. The highest BCUT2D eigenvalue weighted by Gasteiger charge is 2.25. The van der Waals surface area contributed by atoms with E-state index in [1.165, 1.54) is 96.2 Å². The monoisotopic (exact) mass is 1980 g/mol. The molecule has 0 aromatic heterocycles. The molecule has 12 aromatic rings. The summed E-state index contributed by atoms with van der Waals surface area (Å²) in [5.41, 5.74) is 13.9. The molecular weight excluding hydrogens is 1830 g/mol. The van der Waals surface area contributed by atoms with Crippen molar-refractivity contribution >= 4 is 32.7 Å². The van der Waals surface area contributed by atoms with Gasteiger partial charge in [-0.2, -0.15) is 0 Å². The minimum absolute atomic E-state index is 0.233. The van der Waals surface area contributed by atoms with Crippen molar-refractivity contribution in [2.45, 2.75) is 280 Å². The van der Waals surface area contributed by atoms with E-state index < -0.39 is 6.29 Å². The highest BCUT2D eigenvalue weighted by Crippen LogP contribution is 2.41. The smallest absolute Gasteiger partial charge is 0.302 e.